The van der Waals surface area contributed by atoms with Gasteiger partial charge in [0.1, 0.15) is 11.5 Å². The molecule has 1 aromatic rings. The Hall–Kier alpha value is -2.04. The average molecular weight is 252 g/mol. The SMILES string of the molecule is COc1cccc(OC)c1C(OC(C)=O)C(C)=O. The second-order valence-corrected chi connectivity index (χ2v) is 3.68. The maximum absolute atomic E-state index is 11.6. The molecular formula is C13H16O5. The minimum absolute atomic E-state index is 0.298. The van der Waals surface area contributed by atoms with Crippen LogP contribution in [0.3, 0.4) is 0 Å². The number of methoxy groups -OCH3 is 2. The van der Waals surface area contributed by atoms with Crippen LogP contribution >= 0.6 is 0 Å². The molecular weight excluding hydrogens is 236 g/mol. The van der Waals surface area contributed by atoms with E-state index in [2.05, 4.69) is 0 Å². The molecule has 0 bridgehead atoms. The van der Waals surface area contributed by atoms with Gasteiger partial charge < -0.3 is 14.2 Å². The standard InChI is InChI=1S/C13H16O5/c1-8(14)13(18-9(2)15)12-10(16-3)6-5-7-11(12)17-4/h5-7,13H,1-4H3. The van der Waals surface area contributed by atoms with E-state index in [0.29, 0.717) is 17.1 Å². The van der Waals surface area contributed by atoms with Gasteiger partial charge in [-0.1, -0.05) is 6.07 Å². The van der Waals surface area contributed by atoms with Gasteiger partial charge in [-0.25, -0.2) is 0 Å². The Balaban J connectivity index is 3.32. The second kappa shape index (κ2) is 6.05. The minimum Gasteiger partial charge on any atom is -0.496 e. The fraction of sp³-hybridized carbons (Fsp3) is 0.385. The summed E-state index contributed by atoms with van der Waals surface area (Å²) in [6.07, 6.45) is -1.02. The molecule has 1 aromatic carbocycles. The molecule has 5 heteroatoms. The van der Waals surface area contributed by atoms with E-state index in [1.807, 2.05) is 0 Å². The van der Waals surface area contributed by atoms with Crippen LogP contribution < -0.4 is 9.47 Å². The molecule has 98 valence electrons. The van der Waals surface area contributed by atoms with Crippen molar-refractivity contribution in [3.05, 3.63) is 23.8 Å². The predicted molar refractivity (Wildman–Crippen MR) is 64.7 cm³/mol. The van der Waals surface area contributed by atoms with E-state index in [0.717, 1.165) is 0 Å². The number of ether oxygens (including phenoxy) is 3. The van der Waals surface area contributed by atoms with Gasteiger partial charge in [-0.3, -0.25) is 9.59 Å². The first-order valence-electron chi connectivity index (χ1n) is 5.39. The molecule has 0 saturated carbocycles. The molecule has 0 N–H and O–H groups in total. The Morgan fingerprint density at radius 2 is 1.56 bits per heavy atom. The normalized spacial score (nSPS) is 11.6. The van der Waals surface area contributed by atoms with Crippen molar-refractivity contribution >= 4 is 11.8 Å². The summed E-state index contributed by atoms with van der Waals surface area (Å²) in [6.45, 7) is 2.59. The first-order valence-corrected chi connectivity index (χ1v) is 5.39. The van der Waals surface area contributed by atoms with Crippen molar-refractivity contribution in [2.24, 2.45) is 0 Å². The molecule has 0 radical (unpaired) electrons. The smallest absolute Gasteiger partial charge is 0.303 e. The van der Waals surface area contributed by atoms with Gasteiger partial charge in [0.05, 0.1) is 19.8 Å². The van der Waals surface area contributed by atoms with Gasteiger partial charge in [-0.2, -0.15) is 0 Å². The van der Waals surface area contributed by atoms with Crippen molar-refractivity contribution in [1.82, 2.24) is 0 Å². The molecule has 1 unspecified atom stereocenters. The summed E-state index contributed by atoms with van der Waals surface area (Å²) >= 11 is 0. The Bertz CT molecular complexity index is 430. The molecule has 0 heterocycles. The summed E-state index contributed by atoms with van der Waals surface area (Å²) in [4.78, 5) is 22.7. The first kappa shape index (κ1) is 14.0. The Morgan fingerprint density at radius 1 is 1.06 bits per heavy atom. The van der Waals surface area contributed by atoms with Crippen LogP contribution in [0.25, 0.3) is 0 Å². The highest BCUT2D eigenvalue weighted by atomic mass is 16.5. The van der Waals surface area contributed by atoms with Crippen molar-refractivity contribution < 1.29 is 23.8 Å². The van der Waals surface area contributed by atoms with E-state index in [-0.39, 0.29) is 5.78 Å². The number of benzene rings is 1. The highest BCUT2D eigenvalue weighted by Gasteiger charge is 2.27. The Kier molecular flexibility index (Phi) is 4.71. The molecule has 0 spiro atoms. The summed E-state index contributed by atoms with van der Waals surface area (Å²) < 4.78 is 15.4. The lowest BCUT2D eigenvalue weighted by atomic mass is 10.0. The predicted octanol–water partition coefficient (Wildman–Crippen LogP) is 1.90. The van der Waals surface area contributed by atoms with Crippen molar-refractivity contribution in [2.75, 3.05) is 14.2 Å². The number of hydrogen-bond donors (Lipinski definition) is 0. The largest absolute Gasteiger partial charge is 0.496 e. The number of carbonyl (C=O) groups excluding carboxylic acids is 2. The van der Waals surface area contributed by atoms with Gasteiger partial charge in [-0.15, -0.1) is 0 Å². The highest BCUT2D eigenvalue weighted by Crippen LogP contribution is 2.36. The lowest BCUT2D eigenvalue weighted by Gasteiger charge is -2.19. The summed E-state index contributed by atoms with van der Waals surface area (Å²) in [7, 11) is 2.95. The molecule has 18 heavy (non-hydrogen) atoms. The third kappa shape index (κ3) is 3.00. The quantitative estimate of drug-likeness (QED) is 0.749. The monoisotopic (exact) mass is 252 g/mol. The summed E-state index contributed by atoms with van der Waals surface area (Å²) in [5, 5.41) is 0. The number of Topliss-reactive ketones (excluding diaryl/α,β-unsaturated/α-hetero) is 1. The summed E-state index contributed by atoms with van der Waals surface area (Å²) in [5.41, 5.74) is 0.421. The zero-order valence-electron chi connectivity index (χ0n) is 10.9. The van der Waals surface area contributed by atoms with Crippen LogP contribution in [0.15, 0.2) is 18.2 Å². The van der Waals surface area contributed by atoms with E-state index < -0.39 is 12.1 Å². The van der Waals surface area contributed by atoms with Crippen LogP contribution in [0.2, 0.25) is 0 Å². The average Bonchev–Trinajstić information content (AvgIpc) is 2.34. The third-order valence-corrected chi connectivity index (χ3v) is 2.38. The Morgan fingerprint density at radius 3 is 1.89 bits per heavy atom. The van der Waals surface area contributed by atoms with E-state index in [1.165, 1.54) is 28.1 Å². The molecule has 1 atom stereocenters. The van der Waals surface area contributed by atoms with Gasteiger partial charge in [0, 0.05) is 6.92 Å². The van der Waals surface area contributed by atoms with Crippen LogP contribution in [0.4, 0.5) is 0 Å². The number of carbonyl (C=O) groups is 2. The van der Waals surface area contributed by atoms with Gasteiger partial charge in [-0.05, 0) is 19.1 Å². The highest BCUT2D eigenvalue weighted by molar-refractivity contribution is 5.86. The van der Waals surface area contributed by atoms with Crippen molar-refractivity contribution in [3.8, 4) is 11.5 Å². The first-order chi connectivity index (χ1) is 8.51. The third-order valence-electron chi connectivity index (χ3n) is 2.38. The van der Waals surface area contributed by atoms with Gasteiger partial charge in [0.15, 0.2) is 11.9 Å². The van der Waals surface area contributed by atoms with Gasteiger partial charge >= 0.3 is 5.97 Å². The zero-order valence-corrected chi connectivity index (χ0v) is 10.9. The van der Waals surface area contributed by atoms with Crippen LogP contribution in [-0.4, -0.2) is 26.0 Å². The van der Waals surface area contributed by atoms with E-state index >= 15 is 0 Å². The fourth-order valence-electron chi connectivity index (χ4n) is 1.65. The second-order valence-electron chi connectivity index (χ2n) is 3.68. The van der Waals surface area contributed by atoms with Crippen LogP contribution in [0, 0.1) is 0 Å². The molecule has 0 aliphatic heterocycles. The van der Waals surface area contributed by atoms with E-state index in [4.69, 9.17) is 14.2 Å². The lowest BCUT2D eigenvalue weighted by molar-refractivity contribution is -0.152. The van der Waals surface area contributed by atoms with Crippen molar-refractivity contribution in [3.63, 3.8) is 0 Å². The topological polar surface area (TPSA) is 61.8 Å². The van der Waals surface area contributed by atoms with Crippen LogP contribution in [-0.2, 0) is 14.3 Å². The maximum Gasteiger partial charge on any atom is 0.303 e. The zero-order chi connectivity index (χ0) is 13.7. The molecule has 0 saturated heterocycles. The molecule has 0 aromatic heterocycles. The van der Waals surface area contributed by atoms with Crippen LogP contribution in [0.1, 0.15) is 25.5 Å². The number of esters is 1. The van der Waals surface area contributed by atoms with Gasteiger partial charge in [0.2, 0.25) is 0 Å². The number of ketones is 1. The van der Waals surface area contributed by atoms with E-state index in [1.54, 1.807) is 18.2 Å². The lowest BCUT2D eigenvalue weighted by Crippen LogP contribution is -2.17. The molecule has 0 amide bonds. The fourth-order valence-corrected chi connectivity index (χ4v) is 1.65. The van der Waals surface area contributed by atoms with Crippen LogP contribution in [0.5, 0.6) is 11.5 Å². The van der Waals surface area contributed by atoms with Crippen molar-refractivity contribution in [2.45, 2.75) is 20.0 Å². The maximum atomic E-state index is 11.6. The molecule has 0 aliphatic carbocycles. The van der Waals surface area contributed by atoms with Gasteiger partial charge in [0.25, 0.3) is 0 Å². The summed E-state index contributed by atoms with van der Waals surface area (Å²) in [5.74, 6) is 0.0442. The minimum atomic E-state index is -1.02. The van der Waals surface area contributed by atoms with Crippen molar-refractivity contribution in [1.29, 1.82) is 0 Å². The Labute approximate surface area is 106 Å². The molecule has 1 rings (SSSR count). The summed E-state index contributed by atoms with van der Waals surface area (Å²) in [6, 6.07) is 5.08. The molecule has 0 fully saturated rings. The number of rotatable bonds is 5. The molecule has 5 nitrogen and oxygen atoms in total. The molecule has 0 aliphatic rings. The van der Waals surface area contributed by atoms with E-state index in [9.17, 15) is 9.59 Å². The number of hydrogen-bond acceptors (Lipinski definition) is 5.